The summed E-state index contributed by atoms with van der Waals surface area (Å²) in [6.45, 7) is 0. The molecule has 1 aromatic carbocycles. The number of carbonyl (C=O) groups excluding carboxylic acids is 1. The first kappa shape index (κ1) is 11.1. The van der Waals surface area contributed by atoms with Gasteiger partial charge in [0, 0.05) is 19.4 Å². The molecule has 4 heteroatoms. The van der Waals surface area contributed by atoms with E-state index in [1.54, 1.807) is 18.5 Å². The average Bonchev–Trinajstić information content (AvgIpc) is 2.40. The van der Waals surface area contributed by atoms with E-state index in [2.05, 4.69) is 10.3 Å². The molecule has 1 heterocycles. The Balaban J connectivity index is 2.26. The van der Waals surface area contributed by atoms with E-state index in [0.29, 0.717) is 5.75 Å². The van der Waals surface area contributed by atoms with Gasteiger partial charge in [0.1, 0.15) is 5.75 Å². The number of pyridine rings is 1. The van der Waals surface area contributed by atoms with E-state index in [1.165, 1.54) is 7.05 Å². The minimum atomic E-state index is -0.475. The Morgan fingerprint density at radius 1 is 1.18 bits per heavy atom. The lowest BCUT2D eigenvalue weighted by atomic mass is 10.1. The first-order valence-electron chi connectivity index (χ1n) is 5.19. The van der Waals surface area contributed by atoms with Gasteiger partial charge >= 0.3 is 6.09 Å². The number of nitrogens with zero attached hydrogens (tertiary/aromatic N) is 1. The molecule has 0 bridgehead atoms. The number of hydrogen-bond donors (Lipinski definition) is 1. The highest BCUT2D eigenvalue weighted by molar-refractivity contribution is 5.71. The van der Waals surface area contributed by atoms with E-state index in [-0.39, 0.29) is 0 Å². The molecular formula is C13H12N2O2. The molecule has 0 aliphatic carbocycles. The van der Waals surface area contributed by atoms with Crippen molar-refractivity contribution in [2.45, 2.75) is 0 Å². The highest BCUT2D eigenvalue weighted by Crippen LogP contribution is 2.23. The van der Waals surface area contributed by atoms with Crippen LogP contribution in [0.2, 0.25) is 0 Å². The van der Waals surface area contributed by atoms with Crippen LogP contribution in [-0.2, 0) is 0 Å². The van der Waals surface area contributed by atoms with Crippen LogP contribution in [0.25, 0.3) is 11.1 Å². The second-order valence-electron chi connectivity index (χ2n) is 3.40. The lowest BCUT2D eigenvalue weighted by molar-refractivity contribution is 0.203. The SMILES string of the molecule is CNC(=O)Oc1cccc(-c2ccncc2)c1. The van der Waals surface area contributed by atoms with E-state index < -0.39 is 6.09 Å². The first-order chi connectivity index (χ1) is 8.29. The third-order valence-electron chi connectivity index (χ3n) is 2.26. The molecule has 4 nitrogen and oxygen atoms in total. The molecule has 0 saturated heterocycles. The maximum absolute atomic E-state index is 11.1. The number of nitrogens with one attached hydrogen (secondary N) is 1. The fourth-order valence-electron chi connectivity index (χ4n) is 1.44. The average molecular weight is 228 g/mol. The van der Waals surface area contributed by atoms with Gasteiger partial charge in [-0.3, -0.25) is 4.98 Å². The number of ether oxygens (including phenoxy) is 1. The van der Waals surface area contributed by atoms with Crippen LogP contribution in [0.5, 0.6) is 5.75 Å². The van der Waals surface area contributed by atoms with Crippen LogP contribution >= 0.6 is 0 Å². The first-order valence-corrected chi connectivity index (χ1v) is 5.19. The third-order valence-corrected chi connectivity index (χ3v) is 2.26. The number of hydrogen-bond acceptors (Lipinski definition) is 3. The number of amides is 1. The fraction of sp³-hybridized carbons (Fsp3) is 0.0769. The molecular weight excluding hydrogens is 216 g/mol. The summed E-state index contributed by atoms with van der Waals surface area (Å²) in [5, 5.41) is 2.40. The number of aromatic nitrogens is 1. The molecule has 0 aliphatic heterocycles. The summed E-state index contributed by atoms with van der Waals surface area (Å²) >= 11 is 0. The zero-order valence-corrected chi connectivity index (χ0v) is 9.38. The van der Waals surface area contributed by atoms with E-state index >= 15 is 0 Å². The summed E-state index contributed by atoms with van der Waals surface area (Å²) in [6, 6.07) is 11.1. The monoisotopic (exact) mass is 228 g/mol. The number of benzene rings is 1. The molecule has 2 aromatic rings. The van der Waals surface area contributed by atoms with Gasteiger partial charge in [0.25, 0.3) is 0 Å². The molecule has 2 rings (SSSR count). The van der Waals surface area contributed by atoms with Crippen molar-refractivity contribution in [2.75, 3.05) is 7.05 Å². The second-order valence-corrected chi connectivity index (χ2v) is 3.40. The van der Waals surface area contributed by atoms with Gasteiger partial charge in [-0.1, -0.05) is 12.1 Å². The minimum absolute atomic E-state index is 0.475. The van der Waals surface area contributed by atoms with Gasteiger partial charge in [0.2, 0.25) is 0 Å². The summed E-state index contributed by atoms with van der Waals surface area (Å²) < 4.78 is 5.06. The molecule has 86 valence electrons. The highest BCUT2D eigenvalue weighted by atomic mass is 16.5. The summed E-state index contributed by atoms with van der Waals surface area (Å²) in [4.78, 5) is 15.0. The molecule has 0 atom stereocenters. The van der Waals surface area contributed by atoms with Gasteiger partial charge in [0.05, 0.1) is 0 Å². The molecule has 1 aromatic heterocycles. The van der Waals surface area contributed by atoms with Crippen LogP contribution in [-0.4, -0.2) is 18.1 Å². The Hall–Kier alpha value is -2.36. The molecule has 17 heavy (non-hydrogen) atoms. The van der Waals surface area contributed by atoms with Gasteiger partial charge < -0.3 is 10.1 Å². The minimum Gasteiger partial charge on any atom is -0.410 e. The molecule has 1 N–H and O–H groups in total. The Labute approximate surface area is 99.3 Å². The molecule has 0 radical (unpaired) electrons. The van der Waals surface area contributed by atoms with Gasteiger partial charge in [-0.15, -0.1) is 0 Å². The van der Waals surface area contributed by atoms with Crippen LogP contribution in [0.1, 0.15) is 0 Å². The fourth-order valence-corrected chi connectivity index (χ4v) is 1.44. The van der Waals surface area contributed by atoms with Crippen molar-refractivity contribution < 1.29 is 9.53 Å². The third kappa shape index (κ3) is 2.81. The van der Waals surface area contributed by atoms with Crippen molar-refractivity contribution in [3.63, 3.8) is 0 Å². The number of carbonyl (C=O) groups is 1. The predicted molar refractivity (Wildman–Crippen MR) is 64.8 cm³/mol. The van der Waals surface area contributed by atoms with Crippen molar-refractivity contribution in [3.8, 4) is 16.9 Å². The molecule has 0 fully saturated rings. The van der Waals surface area contributed by atoms with Gasteiger partial charge in [0.15, 0.2) is 0 Å². The predicted octanol–water partition coefficient (Wildman–Crippen LogP) is 2.47. The Morgan fingerprint density at radius 3 is 2.65 bits per heavy atom. The van der Waals surface area contributed by atoms with Gasteiger partial charge in [-0.2, -0.15) is 0 Å². The Morgan fingerprint density at radius 2 is 1.94 bits per heavy atom. The zero-order valence-electron chi connectivity index (χ0n) is 9.38. The van der Waals surface area contributed by atoms with Crippen molar-refractivity contribution in [3.05, 3.63) is 48.8 Å². The van der Waals surface area contributed by atoms with Crippen molar-refractivity contribution >= 4 is 6.09 Å². The summed E-state index contributed by atoms with van der Waals surface area (Å²) in [6.07, 6.45) is 2.97. The Kier molecular flexibility index (Phi) is 3.35. The van der Waals surface area contributed by atoms with Crippen molar-refractivity contribution in [1.82, 2.24) is 10.3 Å². The molecule has 0 saturated carbocycles. The Bertz CT molecular complexity index is 512. The molecule has 0 spiro atoms. The maximum atomic E-state index is 11.1. The number of rotatable bonds is 2. The molecule has 1 amide bonds. The van der Waals surface area contributed by atoms with E-state index in [4.69, 9.17) is 4.74 Å². The highest BCUT2D eigenvalue weighted by Gasteiger charge is 2.03. The normalized spacial score (nSPS) is 9.71. The largest absolute Gasteiger partial charge is 0.412 e. The maximum Gasteiger partial charge on any atom is 0.412 e. The van der Waals surface area contributed by atoms with Crippen LogP contribution in [0.4, 0.5) is 4.79 Å². The standard InChI is InChI=1S/C13H12N2O2/c1-14-13(16)17-12-4-2-3-11(9-12)10-5-7-15-8-6-10/h2-9H,1H3,(H,14,16). The van der Waals surface area contributed by atoms with E-state index in [1.807, 2.05) is 30.3 Å². The summed E-state index contributed by atoms with van der Waals surface area (Å²) in [5.41, 5.74) is 2.01. The van der Waals surface area contributed by atoms with Crippen molar-refractivity contribution in [2.24, 2.45) is 0 Å². The van der Waals surface area contributed by atoms with Crippen LogP contribution < -0.4 is 10.1 Å². The van der Waals surface area contributed by atoms with Crippen molar-refractivity contribution in [1.29, 1.82) is 0 Å². The van der Waals surface area contributed by atoms with E-state index in [0.717, 1.165) is 11.1 Å². The van der Waals surface area contributed by atoms with Crippen LogP contribution in [0.3, 0.4) is 0 Å². The molecule has 0 unspecified atom stereocenters. The topological polar surface area (TPSA) is 51.2 Å². The quantitative estimate of drug-likeness (QED) is 0.859. The second kappa shape index (κ2) is 5.12. The summed E-state index contributed by atoms with van der Waals surface area (Å²) in [5.74, 6) is 0.513. The summed E-state index contributed by atoms with van der Waals surface area (Å²) in [7, 11) is 1.52. The van der Waals surface area contributed by atoms with Crippen LogP contribution in [0, 0.1) is 0 Å². The lowest BCUT2D eigenvalue weighted by Crippen LogP contribution is -2.21. The smallest absolute Gasteiger partial charge is 0.410 e. The lowest BCUT2D eigenvalue weighted by Gasteiger charge is -2.05. The van der Waals surface area contributed by atoms with Crippen LogP contribution in [0.15, 0.2) is 48.8 Å². The molecule has 0 aliphatic rings. The zero-order chi connectivity index (χ0) is 12.1. The van der Waals surface area contributed by atoms with Gasteiger partial charge in [-0.05, 0) is 35.4 Å². The van der Waals surface area contributed by atoms with Gasteiger partial charge in [-0.25, -0.2) is 4.79 Å². The van der Waals surface area contributed by atoms with E-state index in [9.17, 15) is 4.79 Å².